The molecule has 0 amide bonds. The number of aliphatic hydroxyl groups is 1. The van der Waals surface area contributed by atoms with Crippen molar-refractivity contribution in [3.63, 3.8) is 0 Å². The van der Waals surface area contributed by atoms with E-state index in [1.165, 1.54) is 16.7 Å². The van der Waals surface area contributed by atoms with Crippen molar-refractivity contribution >= 4 is 0 Å². The van der Waals surface area contributed by atoms with E-state index >= 15 is 0 Å². The summed E-state index contributed by atoms with van der Waals surface area (Å²) in [5.41, 5.74) is 4.19. The van der Waals surface area contributed by atoms with Crippen molar-refractivity contribution in [2.24, 2.45) is 0 Å². The molecule has 0 aromatic heterocycles. The van der Waals surface area contributed by atoms with Gasteiger partial charge in [-0.15, -0.1) is 0 Å². The van der Waals surface area contributed by atoms with E-state index in [2.05, 4.69) is 36.9 Å². The van der Waals surface area contributed by atoms with E-state index in [4.69, 9.17) is 0 Å². The zero-order valence-electron chi connectivity index (χ0n) is 10.9. The maximum absolute atomic E-state index is 9.45. The van der Waals surface area contributed by atoms with Gasteiger partial charge in [0.15, 0.2) is 0 Å². The summed E-state index contributed by atoms with van der Waals surface area (Å²) in [4.78, 5) is 2.46. The molecule has 0 radical (unpaired) electrons. The number of hydrogen-bond acceptors (Lipinski definition) is 2. The molecule has 94 valence electrons. The van der Waals surface area contributed by atoms with Crippen LogP contribution < -0.4 is 0 Å². The van der Waals surface area contributed by atoms with Gasteiger partial charge >= 0.3 is 0 Å². The summed E-state index contributed by atoms with van der Waals surface area (Å²) in [6.45, 7) is 7.55. The van der Waals surface area contributed by atoms with Crippen LogP contribution in [-0.4, -0.2) is 35.7 Å². The summed E-state index contributed by atoms with van der Waals surface area (Å²) in [5.74, 6) is 0. The van der Waals surface area contributed by atoms with Gasteiger partial charge in [-0.1, -0.05) is 18.2 Å². The van der Waals surface area contributed by atoms with Crippen LogP contribution in [0.2, 0.25) is 0 Å². The predicted octanol–water partition coefficient (Wildman–Crippen LogP) is 2.30. The summed E-state index contributed by atoms with van der Waals surface area (Å²) in [6, 6.07) is 6.75. The Morgan fingerprint density at radius 2 is 1.88 bits per heavy atom. The highest BCUT2D eigenvalue weighted by molar-refractivity contribution is 5.30. The van der Waals surface area contributed by atoms with Crippen molar-refractivity contribution in [1.29, 1.82) is 0 Å². The van der Waals surface area contributed by atoms with Gasteiger partial charge in [0.05, 0.1) is 6.10 Å². The Morgan fingerprint density at radius 3 is 2.53 bits per heavy atom. The van der Waals surface area contributed by atoms with E-state index in [0.717, 1.165) is 38.9 Å². The molecule has 0 aliphatic carbocycles. The molecule has 0 atom stereocenters. The molecular weight excluding hydrogens is 210 g/mol. The van der Waals surface area contributed by atoms with Crippen LogP contribution in [0.1, 0.15) is 29.5 Å². The minimum Gasteiger partial charge on any atom is -0.393 e. The lowest BCUT2D eigenvalue weighted by molar-refractivity contribution is 0.0832. The first-order valence-corrected chi connectivity index (χ1v) is 6.61. The Kier molecular flexibility index (Phi) is 4.19. The molecule has 0 bridgehead atoms. The van der Waals surface area contributed by atoms with Gasteiger partial charge in [0.1, 0.15) is 0 Å². The lowest BCUT2D eigenvalue weighted by atomic mass is 10.0. The van der Waals surface area contributed by atoms with Gasteiger partial charge in [-0.2, -0.15) is 0 Å². The van der Waals surface area contributed by atoms with Crippen LogP contribution in [0.5, 0.6) is 0 Å². The number of piperidine rings is 1. The van der Waals surface area contributed by atoms with E-state index in [1.807, 2.05) is 0 Å². The Balaban J connectivity index is 1.83. The summed E-state index contributed by atoms with van der Waals surface area (Å²) in [6.07, 6.45) is 2.93. The Labute approximate surface area is 104 Å². The molecule has 17 heavy (non-hydrogen) atoms. The van der Waals surface area contributed by atoms with E-state index < -0.39 is 0 Å². The predicted molar refractivity (Wildman–Crippen MR) is 71.3 cm³/mol. The molecular formula is C15H23NO. The van der Waals surface area contributed by atoms with Gasteiger partial charge in [0.2, 0.25) is 0 Å². The monoisotopic (exact) mass is 233 g/mol. The third-order valence-electron chi connectivity index (χ3n) is 3.85. The van der Waals surface area contributed by atoms with E-state index in [1.54, 1.807) is 0 Å². The minimum atomic E-state index is -0.0622. The largest absolute Gasteiger partial charge is 0.393 e. The summed E-state index contributed by atoms with van der Waals surface area (Å²) in [5, 5.41) is 9.45. The van der Waals surface area contributed by atoms with Crippen LogP contribution in [0, 0.1) is 13.8 Å². The molecule has 1 heterocycles. The van der Waals surface area contributed by atoms with Crippen molar-refractivity contribution in [2.75, 3.05) is 19.6 Å². The number of rotatable bonds is 3. The molecule has 2 nitrogen and oxygen atoms in total. The first kappa shape index (κ1) is 12.6. The fourth-order valence-corrected chi connectivity index (χ4v) is 2.39. The van der Waals surface area contributed by atoms with Crippen molar-refractivity contribution in [2.45, 2.75) is 39.2 Å². The quantitative estimate of drug-likeness (QED) is 0.866. The summed E-state index contributed by atoms with van der Waals surface area (Å²) in [7, 11) is 0. The van der Waals surface area contributed by atoms with E-state index in [9.17, 15) is 5.11 Å². The smallest absolute Gasteiger partial charge is 0.0564 e. The molecule has 1 saturated heterocycles. The molecule has 0 unspecified atom stereocenters. The topological polar surface area (TPSA) is 23.5 Å². The molecule has 0 spiro atoms. The fourth-order valence-electron chi connectivity index (χ4n) is 2.39. The molecule has 1 aromatic rings. The number of benzene rings is 1. The molecule has 1 aromatic carbocycles. The van der Waals surface area contributed by atoms with Crippen LogP contribution in [0.4, 0.5) is 0 Å². The van der Waals surface area contributed by atoms with Crippen LogP contribution in [0.15, 0.2) is 18.2 Å². The third kappa shape index (κ3) is 3.55. The van der Waals surface area contributed by atoms with Gasteiger partial charge in [0, 0.05) is 19.6 Å². The van der Waals surface area contributed by atoms with Crippen LogP contribution in [-0.2, 0) is 6.42 Å². The minimum absolute atomic E-state index is 0.0622. The van der Waals surface area contributed by atoms with E-state index in [0.29, 0.717) is 0 Å². The number of hydrogen-bond donors (Lipinski definition) is 1. The second kappa shape index (κ2) is 5.65. The first-order chi connectivity index (χ1) is 8.15. The van der Waals surface area contributed by atoms with Gasteiger partial charge in [-0.25, -0.2) is 0 Å². The number of nitrogens with zero attached hydrogens (tertiary/aromatic N) is 1. The van der Waals surface area contributed by atoms with Gasteiger partial charge in [-0.3, -0.25) is 0 Å². The Morgan fingerprint density at radius 1 is 1.18 bits per heavy atom. The Hall–Kier alpha value is -0.860. The average Bonchev–Trinajstić information content (AvgIpc) is 2.33. The molecule has 0 saturated carbocycles. The highest BCUT2D eigenvalue weighted by atomic mass is 16.3. The first-order valence-electron chi connectivity index (χ1n) is 6.61. The van der Waals surface area contributed by atoms with Gasteiger partial charge in [-0.05, 0) is 49.8 Å². The molecule has 1 aliphatic heterocycles. The van der Waals surface area contributed by atoms with Gasteiger partial charge in [0.25, 0.3) is 0 Å². The Bertz CT molecular complexity index is 367. The number of aliphatic hydroxyl groups excluding tert-OH is 1. The zero-order valence-corrected chi connectivity index (χ0v) is 10.9. The highest BCUT2D eigenvalue weighted by Gasteiger charge is 2.16. The van der Waals surface area contributed by atoms with Crippen LogP contribution in [0.25, 0.3) is 0 Å². The summed E-state index contributed by atoms with van der Waals surface area (Å²) >= 11 is 0. The zero-order chi connectivity index (χ0) is 12.3. The molecule has 1 N–H and O–H groups in total. The normalized spacial score (nSPS) is 18.5. The van der Waals surface area contributed by atoms with Crippen LogP contribution >= 0.6 is 0 Å². The molecule has 1 fully saturated rings. The number of aryl methyl sites for hydroxylation is 2. The lowest BCUT2D eigenvalue weighted by Gasteiger charge is -2.29. The second-order valence-electron chi connectivity index (χ2n) is 5.24. The molecule has 1 aliphatic rings. The van der Waals surface area contributed by atoms with E-state index in [-0.39, 0.29) is 6.10 Å². The lowest BCUT2D eigenvalue weighted by Crippen LogP contribution is -2.37. The van der Waals surface area contributed by atoms with Crippen molar-refractivity contribution in [3.05, 3.63) is 34.9 Å². The van der Waals surface area contributed by atoms with Crippen LogP contribution in [0.3, 0.4) is 0 Å². The fraction of sp³-hybridized carbons (Fsp3) is 0.600. The second-order valence-corrected chi connectivity index (χ2v) is 5.24. The third-order valence-corrected chi connectivity index (χ3v) is 3.85. The average molecular weight is 233 g/mol. The van der Waals surface area contributed by atoms with Gasteiger partial charge < -0.3 is 10.0 Å². The SMILES string of the molecule is Cc1ccc(CCN2CCC(O)CC2)cc1C. The highest BCUT2D eigenvalue weighted by Crippen LogP contribution is 2.13. The van der Waals surface area contributed by atoms with Crippen molar-refractivity contribution in [1.82, 2.24) is 4.90 Å². The maximum Gasteiger partial charge on any atom is 0.0564 e. The van der Waals surface area contributed by atoms with Crippen molar-refractivity contribution in [3.8, 4) is 0 Å². The maximum atomic E-state index is 9.45. The number of likely N-dealkylation sites (tertiary alicyclic amines) is 1. The molecule has 2 heteroatoms. The molecule has 2 rings (SSSR count). The summed E-state index contributed by atoms with van der Waals surface area (Å²) < 4.78 is 0. The van der Waals surface area contributed by atoms with Crippen molar-refractivity contribution < 1.29 is 5.11 Å². The standard InChI is InChI=1S/C15H23NO/c1-12-3-4-14(11-13(12)2)5-8-16-9-6-15(17)7-10-16/h3-4,11,15,17H,5-10H2,1-2H3.